The SMILES string of the molecule is C=C(C)[C@H]1O[C@H]2CC[C@@]3(C)[C@@](O)(CC[C@H]4Cc5c([nH]c6ccc7c(c56)[C@@H]5[C@@H](C(C)(C)O)C[C@@H]5C7(C)C)[C@@]43C)C2=C[C@H]1O. The average molecular weight is 572 g/mol. The third kappa shape index (κ3) is 2.96. The topological polar surface area (TPSA) is 85.7 Å². The second-order valence-corrected chi connectivity index (χ2v) is 16.7. The Kier molecular flexibility index (Phi) is 5.27. The minimum atomic E-state index is -1.05. The maximum absolute atomic E-state index is 12.8. The van der Waals surface area contributed by atoms with Crippen molar-refractivity contribution in [2.24, 2.45) is 23.2 Å². The van der Waals surface area contributed by atoms with Crippen molar-refractivity contribution >= 4 is 10.9 Å². The lowest BCUT2D eigenvalue weighted by molar-refractivity contribution is -0.185. The van der Waals surface area contributed by atoms with Gasteiger partial charge >= 0.3 is 0 Å². The molecule has 5 aliphatic carbocycles. The summed E-state index contributed by atoms with van der Waals surface area (Å²) in [5.41, 5.74) is 6.33. The molecule has 10 atom stereocenters. The van der Waals surface area contributed by atoms with Crippen molar-refractivity contribution in [3.8, 4) is 0 Å². The predicted octanol–water partition coefficient (Wildman–Crippen LogP) is 6.34. The van der Waals surface area contributed by atoms with E-state index in [-0.39, 0.29) is 22.9 Å². The first-order chi connectivity index (χ1) is 19.6. The fourth-order valence-corrected chi connectivity index (χ4v) is 11.6. The molecule has 5 heteroatoms. The molecule has 0 radical (unpaired) electrons. The Labute approximate surface area is 250 Å². The minimum absolute atomic E-state index is 0.0932. The van der Waals surface area contributed by atoms with Crippen molar-refractivity contribution in [1.82, 2.24) is 4.98 Å². The van der Waals surface area contributed by atoms with Gasteiger partial charge in [0.2, 0.25) is 0 Å². The fourth-order valence-electron chi connectivity index (χ4n) is 11.6. The van der Waals surface area contributed by atoms with E-state index in [9.17, 15) is 15.3 Å². The van der Waals surface area contributed by atoms with Gasteiger partial charge in [0.15, 0.2) is 0 Å². The largest absolute Gasteiger partial charge is 0.390 e. The highest BCUT2D eigenvalue weighted by Crippen LogP contribution is 2.71. The van der Waals surface area contributed by atoms with Crippen molar-refractivity contribution in [1.29, 1.82) is 0 Å². The van der Waals surface area contributed by atoms with Crippen LogP contribution in [0.25, 0.3) is 10.9 Å². The first kappa shape index (κ1) is 27.6. The highest BCUT2D eigenvalue weighted by atomic mass is 16.5. The quantitative estimate of drug-likeness (QED) is 0.317. The standard InChI is InChI=1S/C37H49NO4/c1-18(2)31-26(39)17-22-27(42-31)12-13-35(7)36(8)19(11-14-37(22,35)41)15-20-28-25(38-32(20)36)10-9-21-30(28)29-23(33(21,3)4)16-24(29)34(5,6)40/h9-10,17,19,23-24,26-27,29,31,38-41H,1,11-16H2,2-8H3/t19-,23-,24-,26+,27-,29-,31+,35+,36+,37+/m0/s1. The monoisotopic (exact) mass is 571 g/mol. The van der Waals surface area contributed by atoms with Crippen LogP contribution in [0.1, 0.15) is 109 Å². The molecule has 0 spiro atoms. The Balaban J connectivity index is 1.29. The zero-order valence-electron chi connectivity index (χ0n) is 26.5. The van der Waals surface area contributed by atoms with Gasteiger partial charge in [-0.3, -0.25) is 0 Å². The molecule has 6 aliphatic rings. The number of aliphatic hydroxyl groups excluding tert-OH is 1. The molecule has 42 heavy (non-hydrogen) atoms. The van der Waals surface area contributed by atoms with Gasteiger partial charge in [-0.2, -0.15) is 0 Å². The van der Waals surface area contributed by atoms with Crippen LogP contribution in [0.4, 0.5) is 0 Å². The van der Waals surface area contributed by atoms with Crippen molar-refractivity contribution in [3.05, 3.63) is 58.3 Å². The molecule has 3 fully saturated rings. The van der Waals surface area contributed by atoms with Gasteiger partial charge in [0.1, 0.15) is 12.2 Å². The number of fused-ring (bicyclic) bond motifs is 13. The number of hydrogen-bond acceptors (Lipinski definition) is 4. The maximum atomic E-state index is 12.8. The number of aromatic amines is 1. The molecule has 4 N–H and O–H groups in total. The lowest BCUT2D eigenvalue weighted by Gasteiger charge is -2.65. The van der Waals surface area contributed by atoms with E-state index in [4.69, 9.17) is 4.74 Å². The Bertz CT molecular complexity index is 1570. The molecule has 1 aromatic heterocycles. The average Bonchev–Trinajstić information content (AvgIpc) is 3.43. The summed E-state index contributed by atoms with van der Waals surface area (Å²) < 4.78 is 6.41. The second kappa shape index (κ2) is 8.02. The number of nitrogens with one attached hydrogen (secondary N) is 1. The predicted molar refractivity (Wildman–Crippen MR) is 166 cm³/mol. The lowest BCUT2D eigenvalue weighted by atomic mass is 9.42. The lowest BCUT2D eigenvalue weighted by Crippen LogP contribution is -2.67. The Morgan fingerprint density at radius 1 is 1.12 bits per heavy atom. The van der Waals surface area contributed by atoms with Crippen LogP contribution in [0.15, 0.2) is 35.9 Å². The van der Waals surface area contributed by atoms with Gasteiger partial charge in [-0.25, -0.2) is 0 Å². The summed E-state index contributed by atoms with van der Waals surface area (Å²) >= 11 is 0. The number of ether oxygens (including phenoxy) is 1. The molecule has 0 unspecified atom stereocenters. The molecule has 1 aliphatic heterocycles. The summed E-state index contributed by atoms with van der Waals surface area (Å²) in [5.74, 6) is 1.65. The van der Waals surface area contributed by atoms with E-state index in [1.54, 1.807) is 0 Å². The summed E-state index contributed by atoms with van der Waals surface area (Å²) in [5, 5.41) is 36.4. The molecule has 3 saturated carbocycles. The Morgan fingerprint density at radius 3 is 2.55 bits per heavy atom. The first-order valence-corrected chi connectivity index (χ1v) is 16.4. The van der Waals surface area contributed by atoms with Gasteiger partial charge in [0.25, 0.3) is 0 Å². The minimum Gasteiger partial charge on any atom is -0.390 e. The molecule has 2 heterocycles. The van der Waals surface area contributed by atoms with Crippen molar-refractivity contribution < 1.29 is 20.1 Å². The number of benzene rings is 1. The normalized spacial score (nSPS) is 44.7. The summed E-state index contributed by atoms with van der Waals surface area (Å²) in [6, 6.07) is 4.66. The molecule has 0 bridgehead atoms. The van der Waals surface area contributed by atoms with Crippen molar-refractivity contribution in [3.63, 3.8) is 0 Å². The molecule has 2 aromatic rings. The van der Waals surface area contributed by atoms with Gasteiger partial charge < -0.3 is 25.0 Å². The highest BCUT2D eigenvalue weighted by molar-refractivity contribution is 5.92. The second-order valence-electron chi connectivity index (χ2n) is 16.7. The number of aliphatic hydroxyl groups is 3. The molecule has 0 saturated heterocycles. The highest BCUT2D eigenvalue weighted by Gasteiger charge is 2.70. The molecule has 0 amide bonds. The van der Waals surface area contributed by atoms with Crippen LogP contribution in [0, 0.1) is 23.2 Å². The molecule has 1 aromatic carbocycles. The third-order valence-corrected chi connectivity index (χ3v) is 14.2. The van der Waals surface area contributed by atoms with E-state index < -0.39 is 28.8 Å². The van der Waals surface area contributed by atoms with Gasteiger partial charge in [-0.15, -0.1) is 0 Å². The third-order valence-electron chi connectivity index (χ3n) is 14.2. The zero-order valence-corrected chi connectivity index (χ0v) is 26.5. The number of H-pyrrole nitrogens is 1. The van der Waals surface area contributed by atoms with Gasteiger partial charge in [-0.05, 0) is 128 Å². The molecular formula is C37H49NO4. The van der Waals surface area contributed by atoms with Gasteiger partial charge in [0.05, 0.1) is 17.3 Å². The van der Waals surface area contributed by atoms with Gasteiger partial charge in [-0.1, -0.05) is 40.3 Å². The van der Waals surface area contributed by atoms with Crippen LogP contribution in [0.2, 0.25) is 0 Å². The summed E-state index contributed by atoms with van der Waals surface area (Å²) in [7, 11) is 0. The Morgan fingerprint density at radius 2 is 1.86 bits per heavy atom. The number of rotatable bonds is 2. The van der Waals surface area contributed by atoms with Crippen LogP contribution in [0.3, 0.4) is 0 Å². The summed E-state index contributed by atoms with van der Waals surface area (Å²) in [6.07, 6.45) is 5.96. The molecule has 8 rings (SSSR count). The number of aromatic nitrogens is 1. The van der Waals surface area contributed by atoms with Crippen LogP contribution in [0.5, 0.6) is 0 Å². The van der Waals surface area contributed by atoms with Crippen LogP contribution < -0.4 is 0 Å². The van der Waals surface area contributed by atoms with E-state index in [0.717, 1.165) is 43.3 Å². The number of hydrogen-bond donors (Lipinski definition) is 4. The summed E-state index contributed by atoms with van der Waals surface area (Å²) in [6.45, 7) is 19.5. The fraction of sp³-hybridized carbons (Fsp3) is 0.676. The van der Waals surface area contributed by atoms with Crippen LogP contribution in [-0.4, -0.2) is 49.8 Å². The van der Waals surface area contributed by atoms with Crippen molar-refractivity contribution in [2.75, 3.05) is 0 Å². The van der Waals surface area contributed by atoms with Gasteiger partial charge in [0, 0.05) is 27.4 Å². The zero-order chi connectivity index (χ0) is 29.9. The first-order valence-electron chi connectivity index (χ1n) is 16.4. The Hall–Kier alpha value is -1.92. The van der Waals surface area contributed by atoms with E-state index >= 15 is 0 Å². The van der Waals surface area contributed by atoms with E-state index in [2.05, 4.69) is 51.4 Å². The van der Waals surface area contributed by atoms with E-state index in [1.807, 2.05) is 26.8 Å². The van der Waals surface area contributed by atoms with Crippen LogP contribution in [-0.2, 0) is 22.0 Å². The van der Waals surface area contributed by atoms with Crippen molar-refractivity contribution in [2.45, 2.75) is 133 Å². The summed E-state index contributed by atoms with van der Waals surface area (Å²) in [4.78, 5) is 3.98. The van der Waals surface area contributed by atoms with E-state index in [0.29, 0.717) is 24.2 Å². The van der Waals surface area contributed by atoms with E-state index in [1.165, 1.54) is 33.3 Å². The molecule has 5 nitrogen and oxygen atoms in total. The molecule has 226 valence electrons. The maximum Gasteiger partial charge on any atom is 0.108 e. The smallest absolute Gasteiger partial charge is 0.108 e. The van der Waals surface area contributed by atoms with Crippen LogP contribution >= 0.6 is 0 Å². The molecular weight excluding hydrogens is 522 g/mol.